The second-order valence-corrected chi connectivity index (χ2v) is 8.37. The van der Waals surface area contributed by atoms with Crippen molar-refractivity contribution in [3.8, 4) is 5.75 Å². The molecule has 5 nitrogen and oxygen atoms in total. The van der Waals surface area contributed by atoms with Gasteiger partial charge in [-0.3, -0.25) is 10.1 Å². The Bertz CT molecular complexity index is 903. The fourth-order valence-corrected chi connectivity index (χ4v) is 4.23. The molecular weight excluding hydrogens is 474 g/mol. The van der Waals surface area contributed by atoms with Crippen molar-refractivity contribution in [1.82, 2.24) is 5.32 Å². The van der Waals surface area contributed by atoms with Crippen LogP contribution in [0.1, 0.15) is 36.5 Å². The summed E-state index contributed by atoms with van der Waals surface area (Å²) in [7, 11) is 0. The molecule has 1 fully saturated rings. The minimum absolute atomic E-state index is 0.210. The summed E-state index contributed by atoms with van der Waals surface area (Å²) < 4.78 is 6.18. The Labute approximate surface area is 189 Å². The molecule has 154 valence electrons. The fourth-order valence-electron chi connectivity index (χ4n) is 3.23. The number of ether oxygens (including phenoxy) is 1. The van der Waals surface area contributed by atoms with Crippen LogP contribution in [0.3, 0.4) is 0 Å². The van der Waals surface area contributed by atoms with Crippen LogP contribution in [0.2, 0.25) is 5.02 Å². The standard InChI is InChI=1S/C21H23BrClN3O2S/c1-2-28-19-9-6-14(12-16(19)22)20(27)25-21(29)24-15-7-8-18(17(23)13-15)26-10-4-3-5-11-26/h6-9,12-13H,2-5,10-11H2,1H3,(H2,24,25,27,29). The zero-order valence-electron chi connectivity index (χ0n) is 16.1. The first-order valence-electron chi connectivity index (χ1n) is 9.57. The molecule has 29 heavy (non-hydrogen) atoms. The predicted octanol–water partition coefficient (Wildman–Crippen LogP) is 5.62. The Morgan fingerprint density at radius 2 is 1.97 bits per heavy atom. The van der Waals surface area contributed by atoms with Crippen LogP contribution in [0, 0.1) is 0 Å². The van der Waals surface area contributed by atoms with Crippen LogP contribution in [0.5, 0.6) is 5.75 Å². The summed E-state index contributed by atoms with van der Waals surface area (Å²) >= 11 is 15.2. The molecule has 1 heterocycles. The van der Waals surface area contributed by atoms with Gasteiger partial charge in [-0.25, -0.2) is 0 Å². The number of halogens is 2. The molecule has 1 aliphatic heterocycles. The van der Waals surface area contributed by atoms with Gasteiger partial charge in [0.15, 0.2) is 5.11 Å². The minimum Gasteiger partial charge on any atom is -0.493 e. The summed E-state index contributed by atoms with van der Waals surface area (Å²) in [5, 5.41) is 6.59. The van der Waals surface area contributed by atoms with Crippen molar-refractivity contribution in [2.24, 2.45) is 0 Å². The molecule has 0 bridgehead atoms. The monoisotopic (exact) mass is 495 g/mol. The van der Waals surface area contributed by atoms with Gasteiger partial charge < -0.3 is 15.0 Å². The third-order valence-electron chi connectivity index (χ3n) is 4.62. The van der Waals surface area contributed by atoms with Gasteiger partial charge in [-0.1, -0.05) is 11.6 Å². The molecule has 2 aromatic carbocycles. The fraction of sp³-hybridized carbons (Fsp3) is 0.333. The topological polar surface area (TPSA) is 53.6 Å². The van der Waals surface area contributed by atoms with E-state index in [1.165, 1.54) is 19.3 Å². The number of nitrogens with zero attached hydrogens (tertiary/aromatic N) is 1. The number of amides is 1. The smallest absolute Gasteiger partial charge is 0.257 e. The van der Waals surface area contributed by atoms with Crippen LogP contribution < -0.4 is 20.3 Å². The van der Waals surface area contributed by atoms with Gasteiger partial charge in [-0.2, -0.15) is 0 Å². The molecule has 0 spiro atoms. The van der Waals surface area contributed by atoms with Crippen LogP contribution >= 0.6 is 39.7 Å². The van der Waals surface area contributed by atoms with E-state index in [1.54, 1.807) is 18.2 Å². The number of benzene rings is 2. The van der Waals surface area contributed by atoms with Gasteiger partial charge in [-0.05, 0) is 90.7 Å². The predicted molar refractivity (Wildman–Crippen MR) is 127 cm³/mol. The minimum atomic E-state index is -0.303. The summed E-state index contributed by atoms with van der Waals surface area (Å²) in [4.78, 5) is 14.8. The van der Waals surface area contributed by atoms with Gasteiger partial charge in [-0.15, -0.1) is 0 Å². The van der Waals surface area contributed by atoms with Crippen molar-refractivity contribution in [3.63, 3.8) is 0 Å². The summed E-state index contributed by atoms with van der Waals surface area (Å²) in [6.07, 6.45) is 3.65. The van der Waals surface area contributed by atoms with Gasteiger partial charge in [0.2, 0.25) is 0 Å². The highest BCUT2D eigenvalue weighted by Crippen LogP contribution is 2.31. The summed E-state index contributed by atoms with van der Waals surface area (Å²) in [6, 6.07) is 10.9. The molecule has 0 saturated carbocycles. The number of hydrogen-bond donors (Lipinski definition) is 2. The van der Waals surface area contributed by atoms with Crippen molar-refractivity contribution in [3.05, 3.63) is 51.5 Å². The summed E-state index contributed by atoms with van der Waals surface area (Å²) in [5.41, 5.74) is 2.24. The Hall–Kier alpha value is -1.83. The van der Waals surface area contributed by atoms with Crippen LogP contribution in [-0.4, -0.2) is 30.7 Å². The first-order chi connectivity index (χ1) is 14.0. The third kappa shape index (κ3) is 5.84. The molecule has 0 radical (unpaired) electrons. The maximum Gasteiger partial charge on any atom is 0.257 e. The molecule has 0 aromatic heterocycles. The molecule has 8 heteroatoms. The highest BCUT2D eigenvalue weighted by atomic mass is 79.9. The van der Waals surface area contributed by atoms with E-state index in [0.717, 1.165) is 24.5 Å². The maximum absolute atomic E-state index is 12.5. The van der Waals surface area contributed by atoms with Gasteiger partial charge >= 0.3 is 0 Å². The summed E-state index contributed by atoms with van der Waals surface area (Å²) in [5.74, 6) is 0.385. The Morgan fingerprint density at radius 1 is 1.21 bits per heavy atom. The number of anilines is 2. The first-order valence-corrected chi connectivity index (χ1v) is 11.1. The lowest BCUT2D eigenvalue weighted by Gasteiger charge is -2.29. The van der Waals surface area contributed by atoms with Crippen molar-refractivity contribution >= 4 is 62.1 Å². The van der Waals surface area contributed by atoms with E-state index >= 15 is 0 Å². The average Bonchev–Trinajstić information content (AvgIpc) is 2.70. The van der Waals surface area contributed by atoms with Crippen LogP contribution in [-0.2, 0) is 0 Å². The lowest BCUT2D eigenvalue weighted by molar-refractivity contribution is 0.0977. The molecule has 0 atom stereocenters. The van der Waals surface area contributed by atoms with E-state index in [0.29, 0.717) is 27.4 Å². The van der Waals surface area contributed by atoms with E-state index in [2.05, 4.69) is 31.5 Å². The highest BCUT2D eigenvalue weighted by Gasteiger charge is 2.15. The maximum atomic E-state index is 12.5. The number of piperidine rings is 1. The molecular formula is C21H23BrClN3O2S. The molecule has 2 N–H and O–H groups in total. The van der Waals surface area contributed by atoms with Crippen molar-refractivity contribution in [1.29, 1.82) is 0 Å². The van der Waals surface area contributed by atoms with Gasteiger partial charge in [0.05, 0.1) is 21.8 Å². The lowest BCUT2D eigenvalue weighted by Crippen LogP contribution is -2.34. The van der Waals surface area contributed by atoms with E-state index in [1.807, 2.05) is 25.1 Å². The molecule has 2 aromatic rings. The van der Waals surface area contributed by atoms with Gasteiger partial charge in [0.25, 0.3) is 5.91 Å². The third-order valence-corrected chi connectivity index (χ3v) is 5.75. The molecule has 0 unspecified atom stereocenters. The normalized spacial score (nSPS) is 13.7. The van der Waals surface area contributed by atoms with Crippen LogP contribution in [0.15, 0.2) is 40.9 Å². The first kappa shape index (κ1) is 21.9. The molecule has 3 rings (SSSR count). The SMILES string of the molecule is CCOc1ccc(C(=O)NC(=S)Nc2ccc(N3CCCCC3)c(Cl)c2)cc1Br. The largest absolute Gasteiger partial charge is 0.493 e. The zero-order chi connectivity index (χ0) is 20.8. The van der Waals surface area contributed by atoms with Crippen molar-refractivity contribution in [2.45, 2.75) is 26.2 Å². The van der Waals surface area contributed by atoms with Crippen LogP contribution in [0.25, 0.3) is 0 Å². The van der Waals surface area contributed by atoms with Gasteiger partial charge in [0, 0.05) is 24.3 Å². The van der Waals surface area contributed by atoms with Gasteiger partial charge in [0.1, 0.15) is 5.75 Å². The van der Waals surface area contributed by atoms with E-state index in [9.17, 15) is 4.79 Å². The lowest BCUT2D eigenvalue weighted by atomic mass is 10.1. The van der Waals surface area contributed by atoms with Crippen molar-refractivity contribution in [2.75, 3.05) is 29.9 Å². The molecule has 0 aliphatic carbocycles. The number of carbonyl (C=O) groups is 1. The molecule has 1 aliphatic rings. The highest BCUT2D eigenvalue weighted by molar-refractivity contribution is 9.10. The Kier molecular flexibility index (Phi) is 7.75. The zero-order valence-corrected chi connectivity index (χ0v) is 19.3. The number of thiocarbonyl (C=S) groups is 1. The average molecular weight is 497 g/mol. The molecule has 1 amide bonds. The number of rotatable bonds is 5. The van der Waals surface area contributed by atoms with Crippen molar-refractivity contribution < 1.29 is 9.53 Å². The second-order valence-electron chi connectivity index (χ2n) is 6.70. The molecule has 1 saturated heterocycles. The quantitative estimate of drug-likeness (QED) is 0.526. The van der Waals surface area contributed by atoms with E-state index < -0.39 is 0 Å². The number of hydrogen-bond acceptors (Lipinski definition) is 4. The summed E-state index contributed by atoms with van der Waals surface area (Å²) in [6.45, 7) is 4.51. The van der Waals surface area contributed by atoms with E-state index in [4.69, 9.17) is 28.6 Å². The Morgan fingerprint density at radius 3 is 2.62 bits per heavy atom. The Balaban J connectivity index is 1.60. The van der Waals surface area contributed by atoms with Crippen LogP contribution in [0.4, 0.5) is 11.4 Å². The second kappa shape index (κ2) is 10.3. The number of nitrogens with one attached hydrogen (secondary N) is 2. The number of carbonyl (C=O) groups excluding carboxylic acids is 1. The van der Waals surface area contributed by atoms with E-state index in [-0.39, 0.29) is 11.0 Å².